The second-order valence-corrected chi connectivity index (χ2v) is 4.97. The smallest absolute Gasteiger partial charge is 0.303 e. The lowest BCUT2D eigenvalue weighted by molar-refractivity contribution is -0.387. The van der Waals surface area contributed by atoms with Crippen molar-refractivity contribution in [3.05, 3.63) is 22.3 Å². The van der Waals surface area contributed by atoms with Crippen molar-refractivity contribution >= 4 is 34.8 Å². The minimum Gasteiger partial charge on any atom is -0.303 e. The van der Waals surface area contributed by atoms with Crippen LogP contribution in [-0.2, 0) is 0 Å². The third-order valence-electron chi connectivity index (χ3n) is 1.80. The van der Waals surface area contributed by atoms with E-state index in [1.165, 1.54) is 6.33 Å². The number of nitrogen functional groups attached to an aromatic ring is 1. The summed E-state index contributed by atoms with van der Waals surface area (Å²) in [6.07, 6.45) is 1.19. The fourth-order valence-corrected chi connectivity index (χ4v) is 2.74. The number of nitrogens with zero attached hydrogens (tertiary/aromatic N) is 5. The maximum absolute atomic E-state index is 11.0. The Bertz CT molecular complexity index is 587. The Hall–Kier alpha value is -1.85. The van der Waals surface area contributed by atoms with Crippen LogP contribution in [-0.4, -0.2) is 24.2 Å². The molecule has 0 fully saturated rings. The van der Waals surface area contributed by atoms with Crippen molar-refractivity contribution in [2.75, 3.05) is 5.43 Å². The maximum Gasteiger partial charge on any atom is 0.345 e. The van der Waals surface area contributed by atoms with Crippen LogP contribution in [0, 0.1) is 17.0 Å². The van der Waals surface area contributed by atoms with Gasteiger partial charge in [-0.25, -0.2) is 20.8 Å². The highest BCUT2D eigenvalue weighted by Gasteiger charge is 2.24. The number of nitrogens with two attached hydrogens (primary N) is 1. The fraction of sp³-hybridized carbons (Fsp3) is 0.143. The Balaban J connectivity index is 2.41. The Morgan fingerprint density at radius 2 is 2.33 bits per heavy atom. The predicted octanol–water partition coefficient (Wildman–Crippen LogP) is 0.982. The monoisotopic (exact) mass is 285 g/mol. The highest BCUT2D eigenvalue weighted by molar-refractivity contribution is 8.01. The molecule has 94 valence electrons. The van der Waals surface area contributed by atoms with Crippen molar-refractivity contribution in [1.82, 2.24) is 19.3 Å². The van der Waals surface area contributed by atoms with Crippen LogP contribution in [0.3, 0.4) is 0 Å². The summed E-state index contributed by atoms with van der Waals surface area (Å²) in [4.78, 5) is 22.0. The van der Waals surface area contributed by atoms with Crippen molar-refractivity contribution in [2.45, 2.75) is 16.3 Å². The van der Waals surface area contributed by atoms with Crippen molar-refractivity contribution < 1.29 is 4.92 Å². The lowest BCUT2D eigenvalue weighted by Crippen LogP contribution is -2.11. The molecule has 2 aromatic rings. The topological polar surface area (TPSA) is 133 Å². The summed E-state index contributed by atoms with van der Waals surface area (Å²) in [6, 6.07) is 0. The van der Waals surface area contributed by atoms with Gasteiger partial charge in [0.2, 0.25) is 5.82 Å². The molecular weight excluding hydrogens is 278 g/mol. The summed E-state index contributed by atoms with van der Waals surface area (Å²) < 4.78 is 4.55. The number of aryl methyl sites for hydroxylation is 1. The van der Waals surface area contributed by atoms with Gasteiger partial charge in [-0.15, -0.1) is 0 Å². The van der Waals surface area contributed by atoms with Crippen LogP contribution < -0.4 is 11.3 Å². The fourth-order valence-electron chi connectivity index (χ4n) is 1.11. The molecule has 2 heterocycles. The Kier molecular flexibility index (Phi) is 3.64. The van der Waals surface area contributed by atoms with E-state index >= 15 is 0 Å². The first-order chi connectivity index (χ1) is 8.61. The minimum atomic E-state index is -0.592. The van der Waals surface area contributed by atoms with E-state index in [0.717, 1.165) is 23.3 Å². The van der Waals surface area contributed by atoms with Gasteiger partial charge in [0.1, 0.15) is 12.2 Å². The molecule has 18 heavy (non-hydrogen) atoms. The molecule has 3 N–H and O–H groups in total. The minimum absolute atomic E-state index is 0.0428. The first kappa shape index (κ1) is 12.6. The van der Waals surface area contributed by atoms with E-state index in [4.69, 9.17) is 5.84 Å². The van der Waals surface area contributed by atoms with Gasteiger partial charge in [-0.2, -0.15) is 4.37 Å². The molecular formula is C7H7N7O2S2. The van der Waals surface area contributed by atoms with E-state index in [9.17, 15) is 10.1 Å². The molecule has 11 heteroatoms. The van der Waals surface area contributed by atoms with E-state index in [2.05, 4.69) is 24.8 Å². The van der Waals surface area contributed by atoms with Crippen LogP contribution in [0.4, 0.5) is 11.5 Å². The van der Waals surface area contributed by atoms with Crippen LogP contribution in [0.1, 0.15) is 5.82 Å². The molecule has 0 aliphatic rings. The Morgan fingerprint density at radius 1 is 1.56 bits per heavy atom. The van der Waals surface area contributed by atoms with Gasteiger partial charge < -0.3 is 5.43 Å². The highest BCUT2D eigenvalue weighted by Crippen LogP contribution is 2.36. The Morgan fingerprint density at radius 3 is 2.89 bits per heavy atom. The van der Waals surface area contributed by atoms with Gasteiger partial charge in [0.25, 0.3) is 0 Å². The maximum atomic E-state index is 11.0. The van der Waals surface area contributed by atoms with Crippen LogP contribution in [0.5, 0.6) is 0 Å². The number of aromatic nitrogens is 4. The standard InChI is InChI=1S/C7H7N7O2S2/c1-3-11-7(18-13-3)17-6-4(14(15)16)5(12-8)9-2-10-6/h2H,8H2,1H3,(H,9,10,12). The van der Waals surface area contributed by atoms with Gasteiger partial charge in [0.15, 0.2) is 9.37 Å². The highest BCUT2D eigenvalue weighted by atomic mass is 32.2. The molecule has 2 rings (SSSR count). The molecule has 0 aliphatic carbocycles. The molecule has 0 radical (unpaired) electrons. The van der Waals surface area contributed by atoms with Gasteiger partial charge in [0, 0.05) is 0 Å². The van der Waals surface area contributed by atoms with E-state index < -0.39 is 4.92 Å². The zero-order valence-corrected chi connectivity index (χ0v) is 10.7. The van der Waals surface area contributed by atoms with Gasteiger partial charge in [-0.3, -0.25) is 10.1 Å². The third-order valence-corrected chi connectivity index (χ3v) is 3.64. The van der Waals surface area contributed by atoms with Crippen LogP contribution in [0.25, 0.3) is 0 Å². The number of rotatable bonds is 4. The molecule has 0 aliphatic heterocycles. The number of anilines is 1. The summed E-state index contributed by atoms with van der Waals surface area (Å²) in [5.41, 5.74) is 1.89. The van der Waals surface area contributed by atoms with Crippen molar-refractivity contribution in [3.63, 3.8) is 0 Å². The molecule has 0 saturated carbocycles. The second-order valence-electron chi connectivity index (χ2n) is 2.99. The van der Waals surface area contributed by atoms with Crippen LogP contribution >= 0.6 is 23.3 Å². The molecule has 0 saturated heterocycles. The van der Waals surface area contributed by atoms with Gasteiger partial charge in [-0.1, -0.05) is 0 Å². The average molecular weight is 285 g/mol. The molecule has 0 spiro atoms. The summed E-state index contributed by atoms with van der Waals surface area (Å²) in [5.74, 6) is 5.74. The molecule has 0 aromatic carbocycles. The zero-order valence-electron chi connectivity index (χ0n) is 9.02. The SMILES string of the molecule is Cc1nsc(Sc2ncnc(NN)c2[N+](=O)[O-])n1. The predicted molar refractivity (Wildman–Crippen MR) is 65.3 cm³/mol. The van der Waals surface area contributed by atoms with Crippen LogP contribution in [0.2, 0.25) is 0 Å². The van der Waals surface area contributed by atoms with E-state index in [1.807, 2.05) is 0 Å². The van der Waals surface area contributed by atoms with Crippen molar-refractivity contribution in [1.29, 1.82) is 0 Å². The number of nitrogens with one attached hydrogen (secondary N) is 1. The number of nitro groups is 1. The zero-order chi connectivity index (χ0) is 13.1. The van der Waals surface area contributed by atoms with E-state index in [1.54, 1.807) is 6.92 Å². The second kappa shape index (κ2) is 5.20. The summed E-state index contributed by atoms with van der Waals surface area (Å²) in [6.45, 7) is 1.74. The summed E-state index contributed by atoms with van der Waals surface area (Å²) in [7, 11) is 0. The van der Waals surface area contributed by atoms with Crippen molar-refractivity contribution in [3.8, 4) is 0 Å². The first-order valence-electron chi connectivity index (χ1n) is 4.56. The first-order valence-corrected chi connectivity index (χ1v) is 6.15. The molecule has 0 atom stereocenters. The largest absolute Gasteiger partial charge is 0.345 e. The van der Waals surface area contributed by atoms with Crippen molar-refractivity contribution in [2.24, 2.45) is 5.84 Å². The van der Waals surface area contributed by atoms with E-state index in [-0.39, 0.29) is 16.5 Å². The number of hydrogen-bond donors (Lipinski definition) is 2. The molecule has 2 aromatic heterocycles. The Labute approximate surface area is 109 Å². The van der Waals surface area contributed by atoms with Crippen LogP contribution in [0.15, 0.2) is 15.7 Å². The lowest BCUT2D eigenvalue weighted by atomic mass is 10.5. The average Bonchev–Trinajstić information content (AvgIpc) is 2.74. The molecule has 0 unspecified atom stereocenters. The summed E-state index contributed by atoms with van der Waals surface area (Å²) in [5, 5.41) is 11.1. The van der Waals surface area contributed by atoms with Gasteiger partial charge >= 0.3 is 5.69 Å². The third kappa shape index (κ3) is 2.52. The quantitative estimate of drug-likeness (QED) is 0.365. The molecule has 9 nitrogen and oxygen atoms in total. The summed E-state index contributed by atoms with van der Waals surface area (Å²) >= 11 is 2.19. The van der Waals surface area contributed by atoms with Gasteiger partial charge in [0.05, 0.1) is 4.92 Å². The van der Waals surface area contributed by atoms with E-state index in [0.29, 0.717) is 10.2 Å². The number of hydrogen-bond acceptors (Lipinski definition) is 10. The molecule has 0 bridgehead atoms. The normalized spacial score (nSPS) is 10.3. The molecule has 0 amide bonds. The lowest BCUT2D eigenvalue weighted by Gasteiger charge is -2.03. The van der Waals surface area contributed by atoms with Gasteiger partial charge in [-0.05, 0) is 30.2 Å². The number of hydrazine groups is 1.